The molecule has 1 saturated heterocycles. The Balaban J connectivity index is 1.17. The summed E-state index contributed by atoms with van der Waals surface area (Å²) in [6, 6.07) is 14.9. The van der Waals surface area contributed by atoms with E-state index in [1.165, 1.54) is 10.5 Å². The molecule has 172 valence electrons. The minimum Gasteiger partial charge on any atom is -0.474 e. The summed E-state index contributed by atoms with van der Waals surface area (Å²) in [6.45, 7) is 1.16. The van der Waals surface area contributed by atoms with Gasteiger partial charge in [0, 0.05) is 44.4 Å². The molecular formula is C24H26N4O4S. The van der Waals surface area contributed by atoms with Crippen molar-refractivity contribution in [2.45, 2.75) is 37.0 Å². The third kappa shape index (κ3) is 4.50. The van der Waals surface area contributed by atoms with Crippen molar-refractivity contribution in [3.8, 4) is 5.88 Å². The number of benzene rings is 1. The first kappa shape index (κ1) is 21.6. The van der Waals surface area contributed by atoms with Crippen molar-refractivity contribution in [2.24, 2.45) is 0 Å². The maximum Gasteiger partial charge on any atom is 0.272 e. The lowest BCUT2D eigenvalue weighted by Gasteiger charge is -2.31. The molecule has 1 amide bonds. The van der Waals surface area contributed by atoms with Gasteiger partial charge in [0.1, 0.15) is 11.8 Å². The number of piperidine rings is 1. The molecule has 9 heteroatoms. The molecule has 0 radical (unpaired) electrons. The molecule has 0 atom stereocenters. The largest absolute Gasteiger partial charge is 0.474 e. The van der Waals surface area contributed by atoms with Gasteiger partial charge in [0.25, 0.3) is 5.91 Å². The summed E-state index contributed by atoms with van der Waals surface area (Å²) in [5.41, 5.74) is 1.79. The summed E-state index contributed by atoms with van der Waals surface area (Å²) in [6.07, 6.45) is 4.31. The van der Waals surface area contributed by atoms with E-state index in [1.807, 2.05) is 35.2 Å². The van der Waals surface area contributed by atoms with E-state index in [0.717, 1.165) is 23.7 Å². The maximum absolute atomic E-state index is 12.9. The van der Waals surface area contributed by atoms with Crippen molar-refractivity contribution < 1.29 is 17.9 Å². The second kappa shape index (κ2) is 8.62. The molecule has 0 bridgehead atoms. The van der Waals surface area contributed by atoms with Crippen molar-refractivity contribution in [1.82, 2.24) is 14.9 Å². The lowest BCUT2D eigenvalue weighted by Crippen LogP contribution is -2.42. The van der Waals surface area contributed by atoms with Crippen LogP contribution in [0.1, 0.15) is 36.2 Å². The van der Waals surface area contributed by atoms with Gasteiger partial charge >= 0.3 is 0 Å². The van der Waals surface area contributed by atoms with Gasteiger partial charge in [0.05, 0.1) is 22.7 Å². The Hall–Kier alpha value is -3.20. The topological polar surface area (TPSA) is 92.7 Å². The zero-order valence-corrected chi connectivity index (χ0v) is 19.2. The number of anilines is 1. The van der Waals surface area contributed by atoms with Gasteiger partial charge in [-0.3, -0.25) is 9.10 Å². The molecule has 2 fully saturated rings. The number of sulfonamides is 1. The van der Waals surface area contributed by atoms with Gasteiger partial charge in [-0.15, -0.1) is 0 Å². The first-order valence-electron chi connectivity index (χ1n) is 11.2. The standard InChI is InChI=1S/C24H26N4O4S/c1-27(33(30,31)20-8-9-20)18-7-11-23(25-16-18)32-19-12-14-28(15-13-19)24(29)22-10-6-17-4-2-3-5-21(17)26-22/h2-7,10-11,16,19-20H,8-9,12-15H2,1H3. The predicted octanol–water partition coefficient (Wildman–Crippen LogP) is 3.24. The molecule has 2 aromatic heterocycles. The van der Waals surface area contributed by atoms with Crippen molar-refractivity contribution in [3.63, 3.8) is 0 Å². The third-order valence-electron chi connectivity index (χ3n) is 6.25. The molecule has 1 saturated carbocycles. The molecule has 1 aliphatic heterocycles. The van der Waals surface area contributed by atoms with Gasteiger partial charge in [0.15, 0.2) is 0 Å². The van der Waals surface area contributed by atoms with Crippen LogP contribution in [0.3, 0.4) is 0 Å². The van der Waals surface area contributed by atoms with E-state index in [2.05, 4.69) is 9.97 Å². The lowest BCUT2D eigenvalue weighted by molar-refractivity contribution is 0.0583. The van der Waals surface area contributed by atoms with Crippen molar-refractivity contribution in [1.29, 1.82) is 0 Å². The summed E-state index contributed by atoms with van der Waals surface area (Å²) in [5, 5.41) is 0.743. The van der Waals surface area contributed by atoms with Gasteiger partial charge in [-0.05, 0) is 31.0 Å². The molecule has 0 N–H and O–H groups in total. The summed E-state index contributed by atoms with van der Waals surface area (Å²) < 4.78 is 32.0. The second-order valence-electron chi connectivity index (χ2n) is 8.57. The summed E-state index contributed by atoms with van der Waals surface area (Å²) >= 11 is 0. The Labute approximate surface area is 193 Å². The van der Waals surface area contributed by atoms with E-state index >= 15 is 0 Å². The fourth-order valence-electron chi connectivity index (χ4n) is 4.06. The summed E-state index contributed by atoms with van der Waals surface area (Å²) in [7, 11) is -1.74. The first-order chi connectivity index (χ1) is 15.9. The highest BCUT2D eigenvalue weighted by Gasteiger charge is 2.39. The number of aromatic nitrogens is 2. The highest BCUT2D eigenvalue weighted by atomic mass is 32.2. The van der Waals surface area contributed by atoms with Crippen LogP contribution in [-0.4, -0.2) is 60.7 Å². The fourth-order valence-corrected chi connectivity index (χ4v) is 5.64. The van der Waals surface area contributed by atoms with Crippen LogP contribution < -0.4 is 9.04 Å². The third-order valence-corrected chi connectivity index (χ3v) is 8.53. The number of pyridine rings is 2. The Morgan fingerprint density at radius 3 is 2.48 bits per heavy atom. The minimum absolute atomic E-state index is 0.0510. The summed E-state index contributed by atoms with van der Waals surface area (Å²) in [4.78, 5) is 23.5. The molecule has 5 rings (SSSR count). The van der Waals surface area contributed by atoms with E-state index in [9.17, 15) is 13.2 Å². The highest BCUT2D eigenvalue weighted by Crippen LogP contribution is 2.33. The van der Waals surface area contributed by atoms with Crippen LogP contribution in [0.25, 0.3) is 10.9 Å². The lowest BCUT2D eigenvalue weighted by atomic mass is 10.1. The Bertz CT molecular complexity index is 1270. The zero-order chi connectivity index (χ0) is 23.0. The monoisotopic (exact) mass is 466 g/mol. The van der Waals surface area contributed by atoms with E-state index in [0.29, 0.717) is 43.2 Å². The van der Waals surface area contributed by atoms with E-state index < -0.39 is 10.0 Å². The Kier molecular flexibility index (Phi) is 5.65. The number of rotatable bonds is 6. The van der Waals surface area contributed by atoms with E-state index in [4.69, 9.17) is 4.74 Å². The van der Waals surface area contributed by atoms with Crippen LogP contribution in [0.2, 0.25) is 0 Å². The van der Waals surface area contributed by atoms with Crippen molar-refractivity contribution in [3.05, 3.63) is 60.4 Å². The van der Waals surface area contributed by atoms with Crippen LogP contribution in [0.15, 0.2) is 54.7 Å². The predicted molar refractivity (Wildman–Crippen MR) is 126 cm³/mol. The number of nitrogens with zero attached hydrogens (tertiary/aromatic N) is 4. The molecule has 0 spiro atoms. The number of amides is 1. The quantitative estimate of drug-likeness (QED) is 0.554. The number of carbonyl (C=O) groups is 1. The zero-order valence-electron chi connectivity index (χ0n) is 18.4. The van der Waals surface area contributed by atoms with Gasteiger partial charge in [-0.25, -0.2) is 18.4 Å². The molecule has 1 aromatic carbocycles. The smallest absolute Gasteiger partial charge is 0.272 e. The van der Waals surface area contributed by atoms with Crippen LogP contribution in [0.5, 0.6) is 5.88 Å². The molecule has 1 aliphatic carbocycles. The molecule has 3 heterocycles. The maximum atomic E-state index is 12.9. The number of hydrogen-bond acceptors (Lipinski definition) is 6. The van der Waals surface area contributed by atoms with Crippen molar-refractivity contribution in [2.75, 3.05) is 24.4 Å². The average molecular weight is 467 g/mol. The Morgan fingerprint density at radius 2 is 1.79 bits per heavy atom. The van der Waals surface area contributed by atoms with Gasteiger partial charge in [0.2, 0.25) is 15.9 Å². The molecule has 8 nitrogen and oxygen atoms in total. The number of carbonyl (C=O) groups excluding carboxylic acids is 1. The highest BCUT2D eigenvalue weighted by molar-refractivity contribution is 7.93. The number of likely N-dealkylation sites (tertiary alicyclic amines) is 1. The van der Waals surface area contributed by atoms with Gasteiger partial charge in [-0.1, -0.05) is 24.3 Å². The molecular weight excluding hydrogens is 440 g/mol. The molecule has 2 aliphatic rings. The Morgan fingerprint density at radius 1 is 1.03 bits per heavy atom. The van der Waals surface area contributed by atoms with Crippen molar-refractivity contribution >= 4 is 32.5 Å². The number of hydrogen-bond donors (Lipinski definition) is 0. The minimum atomic E-state index is -3.30. The number of ether oxygens (including phenoxy) is 1. The van der Waals surface area contributed by atoms with Crippen LogP contribution in [0, 0.1) is 0 Å². The van der Waals surface area contributed by atoms with Crippen LogP contribution in [0.4, 0.5) is 5.69 Å². The van der Waals surface area contributed by atoms with Crippen LogP contribution >= 0.6 is 0 Å². The molecule has 0 unspecified atom stereocenters. The SMILES string of the molecule is CN(c1ccc(OC2CCN(C(=O)c3ccc4ccccc4n3)CC2)nc1)S(=O)(=O)C1CC1. The van der Waals surface area contributed by atoms with Crippen LogP contribution in [-0.2, 0) is 10.0 Å². The van der Waals surface area contributed by atoms with E-state index in [1.54, 1.807) is 25.2 Å². The number of para-hydroxylation sites is 1. The van der Waals surface area contributed by atoms with E-state index in [-0.39, 0.29) is 17.3 Å². The van der Waals surface area contributed by atoms with Gasteiger partial charge in [-0.2, -0.15) is 0 Å². The first-order valence-corrected chi connectivity index (χ1v) is 12.7. The summed E-state index contributed by atoms with van der Waals surface area (Å²) in [5.74, 6) is 0.388. The molecule has 3 aromatic rings. The number of fused-ring (bicyclic) bond motifs is 1. The average Bonchev–Trinajstić information content (AvgIpc) is 3.70. The second-order valence-corrected chi connectivity index (χ2v) is 10.8. The normalized spacial score (nSPS) is 17.2. The fraction of sp³-hybridized carbons (Fsp3) is 0.375. The molecule has 33 heavy (non-hydrogen) atoms. The van der Waals surface area contributed by atoms with Gasteiger partial charge < -0.3 is 9.64 Å².